The van der Waals surface area contributed by atoms with Gasteiger partial charge in [0.1, 0.15) is 5.82 Å². The van der Waals surface area contributed by atoms with Crippen LogP contribution in [0.3, 0.4) is 0 Å². The van der Waals surface area contributed by atoms with Crippen molar-refractivity contribution in [1.82, 2.24) is 14.9 Å². The van der Waals surface area contributed by atoms with Crippen molar-refractivity contribution in [3.63, 3.8) is 0 Å². The molecular weight excluding hydrogens is 264 g/mol. The molecular formula is C16H20N4O. The molecule has 0 bridgehead atoms. The van der Waals surface area contributed by atoms with Crippen molar-refractivity contribution >= 4 is 5.82 Å². The topological polar surface area (TPSA) is 52.2 Å². The van der Waals surface area contributed by atoms with E-state index in [1.807, 2.05) is 0 Å². The molecule has 3 rings (SSSR count). The predicted octanol–water partition coefficient (Wildman–Crippen LogP) is 1.40. The minimum Gasteiger partial charge on any atom is -0.354 e. The van der Waals surface area contributed by atoms with Gasteiger partial charge in [-0.05, 0) is 12.5 Å². The van der Waals surface area contributed by atoms with Crippen LogP contribution in [0, 0.1) is 6.92 Å². The second-order valence-electron chi connectivity index (χ2n) is 5.52. The molecule has 0 amide bonds. The molecule has 1 fully saturated rings. The van der Waals surface area contributed by atoms with E-state index in [1.54, 1.807) is 6.07 Å². The number of benzene rings is 1. The molecule has 1 saturated heterocycles. The highest BCUT2D eigenvalue weighted by molar-refractivity contribution is 5.37. The van der Waals surface area contributed by atoms with Gasteiger partial charge in [-0.2, -0.15) is 0 Å². The lowest BCUT2D eigenvalue weighted by molar-refractivity contribution is 0.249. The third-order valence-corrected chi connectivity index (χ3v) is 3.85. The van der Waals surface area contributed by atoms with Gasteiger partial charge in [-0.3, -0.25) is 9.69 Å². The zero-order chi connectivity index (χ0) is 14.7. The van der Waals surface area contributed by atoms with Gasteiger partial charge in [-0.1, -0.05) is 29.8 Å². The molecule has 5 heteroatoms. The molecule has 110 valence electrons. The number of aromatic nitrogens is 2. The van der Waals surface area contributed by atoms with E-state index in [1.165, 1.54) is 17.5 Å². The first-order valence-corrected chi connectivity index (χ1v) is 7.28. The summed E-state index contributed by atoms with van der Waals surface area (Å²) in [6.45, 7) is 6.90. The Morgan fingerprint density at radius 2 is 2.00 bits per heavy atom. The number of rotatable bonds is 3. The van der Waals surface area contributed by atoms with Crippen LogP contribution in [0.15, 0.2) is 41.5 Å². The van der Waals surface area contributed by atoms with Gasteiger partial charge in [0.15, 0.2) is 0 Å². The number of hydrogen-bond acceptors (Lipinski definition) is 4. The molecule has 1 N–H and O–H groups in total. The number of nitrogens with one attached hydrogen (secondary N) is 1. The molecule has 21 heavy (non-hydrogen) atoms. The number of anilines is 1. The average molecular weight is 284 g/mol. The van der Waals surface area contributed by atoms with E-state index in [-0.39, 0.29) is 5.56 Å². The van der Waals surface area contributed by atoms with Crippen LogP contribution < -0.4 is 10.5 Å². The van der Waals surface area contributed by atoms with Crippen molar-refractivity contribution in [3.8, 4) is 0 Å². The molecule has 0 saturated carbocycles. The highest BCUT2D eigenvalue weighted by Gasteiger charge is 2.18. The second-order valence-corrected chi connectivity index (χ2v) is 5.52. The lowest BCUT2D eigenvalue weighted by Crippen LogP contribution is -2.46. The van der Waals surface area contributed by atoms with Crippen LogP contribution in [0.1, 0.15) is 11.1 Å². The maximum Gasteiger partial charge on any atom is 0.252 e. The van der Waals surface area contributed by atoms with Gasteiger partial charge >= 0.3 is 0 Å². The van der Waals surface area contributed by atoms with Crippen LogP contribution in [0.25, 0.3) is 0 Å². The summed E-state index contributed by atoms with van der Waals surface area (Å²) in [5, 5.41) is 0. The van der Waals surface area contributed by atoms with E-state index in [9.17, 15) is 4.79 Å². The Bertz CT molecular complexity index is 659. The third kappa shape index (κ3) is 3.49. The first kappa shape index (κ1) is 13.8. The molecule has 2 heterocycles. The van der Waals surface area contributed by atoms with Crippen molar-refractivity contribution in [2.24, 2.45) is 0 Å². The SMILES string of the molecule is Cc1cccc(CN2CCN(c3cc(=O)[nH]cn3)CC2)c1. The molecule has 5 nitrogen and oxygen atoms in total. The van der Waals surface area contributed by atoms with E-state index in [2.05, 4.69) is 51.0 Å². The molecule has 0 spiro atoms. The summed E-state index contributed by atoms with van der Waals surface area (Å²) in [4.78, 5) is 22.7. The quantitative estimate of drug-likeness (QED) is 0.925. The Kier molecular flexibility index (Phi) is 4.01. The van der Waals surface area contributed by atoms with Crippen molar-refractivity contribution in [1.29, 1.82) is 0 Å². The Morgan fingerprint density at radius 1 is 1.19 bits per heavy atom. The molecule has 2 aromatic rings. The van der Waals surface area contributed by atoms with Crippen molar-refractivity contribution in [2.45, 2.75) is 13.5 Å². The smallest absolute Gasteiger partial charge is 0.252 e. The minimum atomic E-state index is -0.0952. The highest BCUT2D eigenvalue weighted by atomic mass is 16.1. The van der Waals surface area contributed by atoms with Crippen LogP contribution in [-0.4, -0.2) is 41.0 Å². The summed E-state index contributed by atoms with van der Waals surface area (Å²) in [5.74, 6) is 0.772. The maximum absolute atomic E-state index is 11.3. The van der Waals surface area contributed by atoms with E-state index >= 15 is 0 Å². The van der Waals surface area contributed by atoms with Gasteiger partial charge in [0.2, 0.25) is 0 Å². The number of nitrogens with zero attached hydrogens (tertiary/aromatic N) is 3. The lowest BCUT2D eigenvalue weighted by atomic mass is 10.1. The largest absolute Gasteiger partial charge is 0.354 e. The lowest BCUT2D eigenvalue weighted by Gasteiger charge is -2.35. The molecule has 0 aliphatic carbocycles. The second kappa shape index (κ2) is 6.10. The Morgan fingerprint density at radius 3 is 2.71 bits per heavy atom. The molecule has 0 radical (unpaired) electrons. The number of aryl methyl sites for hydroxylation is 1. The monoisotopic (exact) mass is 284 g/mol. The highest BCUT2D eigenvalue weighted by Crippen LogP contribution is 2.13. The van der Waals surface area contributed by atoms with E-state index < -0.39 is 0 Å². The Hall–Kier alpha value is -2.14. The van der Waals surface area contributed by atoms with Gasteiger partial charge in [-0.15, -0.1) is 0 Å². The van der Waals surface area contributed by atoms with E-state index in [0.29, 0.717) is 0 Å². The molecule has 1 aliphatic heterocycles. The fourth-order valence-electron chi connectivity index (χ4n) is 2.73. The number of piperazine rings is 1. The number of H-pyrrole nitrogens is 1. The molecule has 0 atom stereocenters. The van der Waals surface area contributed by atoms with E-state index in [0.717, 1.165) is 38.5 Å². The van der Waals surface area contributed by atoms with Crippen LogP contribution in [0.4, 0.5) is 5.82 Å². The summed E-state index contributed by atoms with van der Waals surface area (Å²) in [6, 6.07) is 10.2. The zero-order valence-electron chi connectivity index (χ0n) is 12.2. The van der Waals surface area contributed by atoms with Gasteiger partial charge in [0.05, 0.1) is 6.33 Å². The van der Waals surface area contributed by atoms with E-state index in [4.69, 9.17) is 0 Å². The maximum atomic E-state index is 11.3. The van der Waals surface area contributed by atoms with Gasteiger partial charge in [0.25, 0.3) is 5.56 Å². The number of aromatic amines is 1. The molecule has 0 unspecified atom stereocenters. The zero-order valence-corrected chi connectivity index (χ0v) is 12.2. The van der Waals surface area contributed by atoms with Gasteiger partial charge < -0.3 is 9.88 Å². The summed E-state index contributed by atoms with van der Waals surface area (Å²) in [6.07, 6.45) is 1.47. The van der Waals surface area contributed by atoms with Gasteiger partial charge in [-0.25, -0.2) is 4.98 Å². The summed E-state index contributed by atoms with van der Waals surface area (Å²) in [5.41, 5.74) is 2.57. The fraction of sp³-hybridized carbons (Fsp3) is 0.375. The van der Waals surface area contributed by atoms with Crippen LogP contribution in [-0.2, 0) is 6.54 Å². The van der Waals surface area contributed by atoms with Crippen LogP contribution >= 0.6 is 0 Å². The van der Waals surface area contributed by atoms with Crippen molar-refractivity contribution in [2.75, 3.05) is 31.1 Å². The Balaban J connectivity index is 1.59. The summed E-state index contributed by atoms with van der Waals surface area (Å²) < 4.78 is 0. The molecule has 1 aromatic heterocycles. The average Bonchev–Trinajstić information content (AvgIpc) is 2.48. The first-order chi connectivity index (χ1) is 10.2. The first-order valence-electron chi connectivity index (χ1n) is 7.28. The predicted molar refractivity (Wildman–Crippen MR) is 83.5 cm³/mol. The third-order valence-electron chi connectivity index (χ3n) is 3.85. The molecule has 1 aliphatic rings. The minimum absolute atomic E-state index is 0.0952. The van der Waals surface area contributed by atoms with Gasteiger partial charge in [0, 0.05) is 38.8 Å². The Labute approximate surface area is 124 Å². The summed E-state index contributed by atoms with van der Waals surface area (Å²) in [7, 11) is 0. The number of hydrogen-bond donors (Lipinski definition) is 1. The van der Waals surface area contributed by atoms with Crippen LogP contribution in [0.2, 0.25) is 0 Å². The standard InChI is InChI=1S/C16H20N4O/c1-13-3-2-4-14(9-13)11-19-5-7-20(8-6-19)15-10-16(21)18-12-17-15/h2-4,9-10,12H,5-8,11H2,1H3,(H,17,18,21). The van der Waals surface area contributed by atoms with Crippen LogP contribution in [0.5, 0.6) is 0 Å². The summed E-state index contributed by atoms with van der Waals surface area (Å²) >= 11 is 0. The van der Waals surface area contributed by atoms with Crippen molar-refractivity contribution < 1.29 is 0 Å². The van der Waals surface area contributed by atoms with Crippen molar-refractivity contribution in [3.05, 3.63) is 58.1 Å². The fourth-order valence-corrected chi connectivity index (χ4v) is 2.73. The normalized spacial score (nSPS) is 16.1. The molecule has 1 aromatic carbocycles.